The Labute approximate surface area is 190 Å². The van der Waals surface area contributed by atoms with E-state index in [0.717, 1.165) is 43.4 Å². The maximum Gasteiger partial charge on any atom is 0.254 e. The highest BCUT2D eigenvalue weighted by molar-refractivity contribution is 5.94. The van der Waals surface area contributed by atoms with Crippen LogP contribution in [0, 0.1) is 5.82 Å². The number of rotatable bonds is 6. The van der Waals surface area contributed by atoms with Gasteiger partial charge in [-0.25, -0.2) is 4.39 Å². The molecule has 0 radical (unpaired) electrons. The molecule has 0 atom stereocenters. The largest absolute Gasteiger partial charge is 0.353 e. The summed E-state index contributed by atoms with van der Waals surface area (Å²) in [6.07, 6.45) is 0. The van der Waals surface area contributed by atoms with E-state index in [9.17, 15) is 9.18 Å². The molecule has 0 aliphatic carbocycles. The van der Waals surface area contributed by atoms with E-state index in [2.05, 4.69) is 25.3 Å². The Balaban J connectivity index is 1.17. The number of nitrogens with one attached hydrogen (secondary N) is 1. The predicted octanol–water partition coefficient (Wildman–Crippen LogP) is 2.48. The quantitative estimate of drug-likeness (QED) is 0.491. The Morgan fingerprint density at radius 1 is 0.909 bits per heavy atom. The van der Waals surface area contributed by atoms with Crippen LogP contribution < -0.4 is 10.2 Å². The maximum absolute atomic E-state index is 13.7. The van der Waals surface area contributed by atoms with Gasteiger partial charge in [-0.1, -0.05) is 42.5 Å². The number of hydrogen-bond donors (Lipinski definition) is 1. The normalized spacial score (nSPS) is 14.5. The summed E-state index contributed by atoms with van der Waals surface area (Å²) in [5, 5.41) is 16.1. The minimum absolute atomic E-state index is 0.0765. The zero-order chi connectivity index (χ0) is 22.6. The molecule has 3 heterocycles. The standard InChI is InChI=1S/C24H24FN7O/c25-20-9-5-4-8-19(20)24(33)26-12-13-30-14-16-31(17-15-30)22-11-10-21-27-28-23(32(21)29-22)18-6-2-1-3-7-18/h1-11H,12-17H2,(H,26,33). The van der Waals surface area contributed by atoms with Crippen LogP contribution in [0.2, 0.25) is 0 Å². The zero-order valence-corrected chi connectivity index (χ0v) is 18.1. The summed E-state index contributed by atoms with van der Waals surface area (Å²) in [5.74, 6) is 0.715. The third-order valence-corrected chi connectivity index (χ3v) is 5.81. The smallest absolute Gasteiger partial charge is 0.254 e. The van der Waals surface area contributed by atoms with Gasteiger partial charge in [-0.2, -0.15) is 4.52 Å². The Morgan fingerprint density at radius 3 is 2.45 bits per heavy atom. The molecule has 0 saturated carbocycles. The van der Waals surface area contributed by atoms with Gasteiger partial charge < -0.3 is 10.2 Å². The second-order valence-electron chi connectivity index (χ2n) is 7.92. The highest BCUT2D eigenvalue weighted by Crippen LogP contribution is 2.20. The molecule has 5 rings (SSSR count). The van der Waals surface area contributed by atoms with Crippen molar-refractivity contribution in [3.8, 4) is 11.4 Å². The van der Waals surface area contributed by atoms with Crippen LogP contribution in [0.25, 0.3) is 17.0 Å². The van der Waals surface area contributed by atoms with Gasteiger partial charge in [-0.05, 0) is 24.3 Å². The van der Waals surface area contributed by atoms with Gasteiger partial charge in [-0.3, -0.25) is 9.69 Å². The van der Waals surface area contributed by atoms with Crippen LogP contribution in [-0.2, 0) is 0 Å². The number of carbonyl (C=O) groups is 1. The molecule has 1 amide bonds. The molecular weight excluding hydrogens is 421 g/mol. The van der Waals surface area contributed by atoms with E-state index in [4.69, 9.17) is 5.10 Å². The van der Waals surface area contributed by atoms with E-state index in [0.29, 0.717) is 18.7 Å². The monoisotopic (exact) mass is 445 g/mol. The molecule has 1 N–H and O–H groups in total. The summed E-state index contributed by atoms with van der Waals surface area (Å²) in [5.41, 5.74) is 1.76. The molecule has 33 heavy (non-hydrogen) atoms. The van der Waals surface area contributed by atoms with Gasteiger partial charge in [-0.15, -0.1) is 15.3 Å². The number of fused-ring (bicyclic) bond motifs is 1. The number of piperazine rings is 1. The molecule has 168 valence electrons. The van der Waals surface area contributed by atoms with Crippen LogP contribution in [0.4, 0.5) is 10.2 Å². The first-order chi connectivity index (χ1) is 16.2. The summed E-state index contributed by atoms with van der Waals surface area (Å²) in [6, 6.07) is 19.8. The average molecular weight is 446 g/mol. The highest BCUT2D eigenvalue weighted by Gasteiger charge is 2.20. The van der Waals surface area contributed by atoms with Gasteiger partial charge in [0.15, 0.2) is 11.5 Å². The lowest BCUT2D eigenvalue weighted by molar-refractivity contribution is 0.0943. The lowest BCUT2D eigenvalue weighted by atomic mass is 10.2. The third kappa shape index (κ3) is 4.54. The van der Waals surface area contributed by atoms with Gasteiger partial charge in [0.2, 0.25) is 0 Å². The van der Waals surface area contributed by atoms with Crippen LogP contribution in [0.5, 0.6) is 0 Å². The molecule has 1 aliphatic rings. The van der Waals surface area contributed by atoms with Gasteiger partial charge in [0.25, 0.3) is 5.91 Å². The van der Waals surface area contributed by atoms with Crippen molar-refractivity contribution in [1.29, 1.82) is 0 Å². The summed E-state index contributed by atoms with van der Waals surface area (Å²) in [7, 11) is 0. The van der Waals surface area contributed by atoms with Crippen molar-refractivity contribution in [1.82, 2.24) is 30.0 Å². The van der Waals surface area contributed by atoms with Crippen molar-refractivity contribution >= 4 is 17.4 Å². The van der Waals surface area contributed by atoms with Crippen molar-refractivity contribution in [3.05, 3.63) is 78.1 Å². The highest BCUT2D eigenvalue weighted by atomic mass is 19.1. The van der Waals surface area contributed by atoms with Gasteiger partial charge >= 0.3 is 0 Å². The predicted molar refractivity (Wildman–Crippen MR) is 124 cm³/mol. The van der Waals surface area contributed by atoms with E-state index in [1.165, 1.54) is 12.1 Å². The van der Waals surface area contributed by atoms with Crippen molar-refractivity contribution in [2.45, 2.75) is 0 Å². The number of amides is 1. The summed E-state index contributed by atoms with van der Waals surface area (Å²) >= 11 is 0. The van der Waals surface area contributed by atoms with Gasteiger partial charge in [0.05, 0.1) is 5.56 Å². The van der Waals surface area contributed by atoms with Gasteiger partial charge in [0.1, 0.15) is 11.6 Å². The lowest BCUT2D eigenvalue weighted by Crippen LogP contribution is -2.48. The van der Waals surface area contributed by atoms with E-state index >= 15 is 0 Å². The molecule has 0 bridgehead atoms. The van der Waals surface area contributed by atoms with E-state index in [1.54, 1.807) is 16.6 Å². The summed E-state index contributed by atoms with van der Waals surface area (Å²) in [6.45, 7) is 4.53. The number of carbonyl (C=O) groups excluding carboxylic acids is 1. The Morgan fingerprint density at radius 2 is 1.67 bits per heavy atom. The summed E-state index contributed by atoms with van der Waals surface area (Å²) in [4.78, 5) is 16.7. The van der Waals surface area contributed by atoms with Crippen LogP contribution in [0.3, 0.4) is 0 Å². The SMILES string of the molecule is O=C(NCCN1CCN(c2ccc3nnc(-c4ccccc4)n3n2)CC1)c1ccccc1F. The fourth-order valence-corrected chi connectivity index (χ4v) is 3.98. The molecule has 1 fully saturated rings. The topological polar surface area (TPSA) is 78.7 Å². The first-order valence-corrected chi connectivity index (χ1v) is 11.0. The average Bonchev–Trinajstić information content (AvgIpc) is 3.28. The van der Waals surface area contributed by atoms with Crippen LogP contribution in [0.15, 0.2) is 66.7 Å². The third-order valence-electron chi connectivity index (χ3n) is 5.81. The molecule has 2 aromatic heterocycles. The Bertz CT molecular complexity index is 1250. The van der Waals surface area contributed by atoms with Crippen molar-refractivity contribution < 1.29 is 9.18 Å². The van der Waals surface area contributed by atoms with E-state index in [1.807, 2.05) is 42.5 Å². The molecule has 1 aliphatic heterocycles. The van der Waals surface area contributed by atoms with Crippen LogP contribution >= 0.6 is 0 Å². The van der Waals surface area contributed by atoms with E-state index in [-0.39, 0.29) is 11.5 Å². The van der Waals surface area contributed by atoms with Crippen molar-refractivity contribution in [3.63, 3.8) is 0 Å². The minimum Gasteiger partial charge on any atom is -0.353 e. The van der Waals surface area contributed by atoms with Crippen molar-refractivity contribution in [2.24, 2.45) is 0 Å². The number of halogens is 1. The van der Waals surface area contributed by atoms with Crippen LogP contribution in [0.1, 0.15) is 10.4 Å². The second kappa shape index (κ2) is 9.33. The molecular formula is C24H24FN7O. The number of anilines is 1. The van der Waals surface area contributed by atoms with E-state index < -0.39 is 5.82 Å². The molecule has 1 saturated heterocycles. The molecule has 8 nitrogen and oxygen atoms in total. The number of hydrogen-bond acceptors (Lipinski definition) is 6. The Hall–Kier alpha value is -3.85. The zero-order valence-electron chi connectivity index (χ0n) is 18.1. The summed E-state index contributed by atoms with van der Waals surface area (Å²) < 4.78 is 15.5. The molecule has 9 heteroatoms. The Kier molecular flexibility index (Phi) is 5.95. The fraction of sp³-hybridized carbons (Fsp3) is 0.250. The lowest BCUT2D eigenvalue weighted by Gasteiger charge is -2.35. The second-order valence-corrected chi connectivity index (χ2v) is 7.92. The molecule has 4 aromatic rings. The number of nitrogens with zero attached hydrogens (tertiary/aromatic N) is 6. The van der Waals surface area contributed by atoms with Crippen LogP contribution in [-0.4, -0.2) is 69.9 Å². The number of benzene rings is 2. The molecule has 0 spiro atoms. The first kappa shape index (κ1) is 21.0. The first-order valence-electron chi connectivity index (χ1n) is 11.0. The fourth-order valence-electron chi connectivity index (χ4n) is 3.98. The minimum atomic E-state index is -0.503. The number of aromatic nitrogens is 4. The van der Waals surface area contributed by atoms with Crippen molar-refractivity contribution in [2.75, 3.05) is 44.2 Å². The maximum atomic E-state index is 13.7. The molecule has 2 aromatic carbocycles. The molecule has 0 unspecified atom stereocenters. The van der Waals surface area contributed by atoms with Gasteiger partial charge in [0, 0.05) is 44.8 Å².